The smallest absolute Gasteiger partial charge is 0.147 e. The Labute approximate surface area is 109 Å². The predicted molar refractivity (Wildman–Crippen MR) is 75.6 cm³/mol. The zero-order chi connectivity index (χ0) is 13.5. The molecule has 1 unspecified atom stereocenters. The van der Waals surface area contributed by atoms with E-state index in [4.69, 9.17) is 10.8 Å². The molecule has 5 heteroatoms. The van der Waals surface area contributed by atoms with Crippen molar-refractivity contribution in [1.29, 1.82) is 0 Å². The Bertz CT molecular complexity index is 362. The Balaban J connectivity index is 2.66. The van der Waals surface area contributed by atoms with Crippen molar-refractivity contribution in [3.05, 3.63) is 5.69 Å². The van der Waals surface area contributed by atoms with E-state index in [2.05, 4.69) is 24.3 Å². The molecule has 1 aromatic heterocycles. The Morgan fingerprint density at radius 2 is 2.17 bits per heavy atom. The number of nitrogen functional groups attached to an aromatic ring is 1. The SMILES string of the molecule is CCCc1nn(C)c(NCC(CC)CCO)c1N. The van der Waals surface area contributed by atoms with Crippen molar-refractivity contribution in [2.45, 2.75) is 39.5 Å². The summed E-state index contributed by atoms with van der Waals surface area (Å²) in [6.07, 6.45) is 3.83. The molecule has 0 radical (unpaired) electrons. The molecule has 0 spiro atoms. The minimum Gasteiger partial charge on any atom is -0.396 e. The van der Waals surface area contributed by atoms with Crippen LogP contribution in [0, 0.1) is 5.92 Å². The second-order valence-electron chi connectivity index (χ2n) is 4.75. The molecule has 1 aromatic rings. The van der Waals surface area contributed by atoms with E-state index in [-0.39, 0.29) is 6.61 Å². The van der Waals surface area contributed by atoms with Crippen LogP contribution in [0.1, 0.15) is 38.8 Å². The Kier molecular flexibility index (Phi) is 5.98. The Hall–Kier alpha value is -1.23. The van der Waals surface area contributed by atoms with Gasteiger partial charge >= 0.3 is 0 Å². The highest BCUT2D eigenvalue weighted by Crippen LogP contribution is 2.23. The highest BCUT2D eigenvalue weighted by Gasteiger charge is 2.13. The van der Waals surface area contributed by atoms with Gasteiger partial charge in [-0.15, -0.1) is 0 Å². The number of anilines is 2. The van der Waals surface area contributed by atoms with Crippen LogP contribution in [0.2, 0.25) is 0 Å². The third-order valence-electron chi connectivity index (χ3n) is 3.32. The third kappa shape index (κ3) is 3.63. The van der Waals surface area contributed by atoms with Gasteiger partial charge in [-0.1, -0.05) is 26.7 Å². The number of hydrogen-bond acceptors (Lipinski definition) is 4. The number of aliphatic hydroxyl groups excluding tert-OH is 1. The summed E-state index contributed by atoms with van der Waals surface area (Å²) in [5.41, 5.74) is 7.83. The normalized spacial score (nSPS) is 12.7. The summed E-state index contributed by atoms with van der Waals surface area (Å²) in [6.45, 7) is 5.32. The molecule has 0 aromatic carbocycles. The average Bonchev–Trinajstić information content (AvgIpc) is 2.61. The van der Waals surface area contributed by atoms with Crippen molar-refractivity contribution in [2.24, 2.45) is 13.0 Å². The van der Waals surface area contributed by atoms with Gasteiger partial charge in [0.15, 0.2) is 0 Å². The standard InChI is InChI=1S/C13H26N4O/c1-4-6-11-12(14)13(17(3)16-11)15-9-10(5-2)7-8-18/h10,15,18H,4-9,14H2,1-3H3. The van der Waals surface area contributed by atoms with E-state index in [9.17, 15) is 0 Å². The number of nitrogens with zero attached hydrogens (tertiary/aromatic N) is 2. The first-order valence-corrected chi connectivity index (χ1v) is 6.80. The number of aromatic nitrogens is 2. The van der Waals surface area contributed by atoms with Gasteiger partial charge in [0.2, 0.25) is 0 Å². The van der Waals surface area contributed by atoms with E-state index in [1.165, 1.54) is 0 Å². The first-order valence-electron chi connectivity index (χ1n) is 6.80. The van der Waals surface area contributed by atoms with Gasteiger partial charge < -0.3 is 16.2 Å². The summed E-state index contributed by atoms with van der Waals surface area (Å²) < 4.78 is 1.81. The van der Waals surface area contributed by atoms with Crippen LogP contribution in [0.4, 0.5) is 11.5 Å². The maximum atomic E-state index is 8.98. The fourth-order valence-corrected chi connectivity index (χ4v) is 2.10. The molecule has 5 nitrogen and oxygen atoms in total. The van der Waals surface area contributed by atoms with Crippen LogP contribution in [-0.4, -0.2) is 28.0 Å². The van der Waals surface area contributed by atoms with E-state index >= 15 is 0 Å². The third-order valence-corrected chi connectivity index (χ3v) is 3.32. The molecule has 0 fully saturated rings. The van der Waals surface area contributed by atoms with Crippen LogP contribution >= 0.6 is 0 Å². The molecule has 0 saturated heterocycles. The van der Waals surface area contributed by atoms with Crippen molar-refractivity contribution < 1.29 is 5.11 Å². The minimum absolute atomic E-state index is 0.238. The second kappa shape index (κ2) is 7.26. The summed E-state index contributed by atoms with van der Waals surface area (Å²) in [5, 5.41) is 16.8. The highest BCUT2D eigenvalue weighted by molar-refractivity contribution is 5.65. The number of aryl methyl sites for hydroxylation is 2. The molecule has 104 valence electrons. The van der Waals surface area contributed by atoms with E-state index in [1.54, 1.807) is 0 Å². The van der Waals surface area contributed by atoms with E-state index in [1.807, 2.05) is 11.7 Å². The van der Waals surface area contributed by atoms with Gasteiger partial charge in [-0.05, 0) is 18.8 Å². The summed E-state index contributed by atoms with van der Waals surface area (Å²) in [4.78, 5) is 0. The van der Waals surface area contributed by atoms with E-state index in [0.717, 1.165) is 49.4 Å². The molecule has 1 rings (SSSR count). The lowest BCUT2D eigenvalue weighted by molar-refractivity contribution is 0.258. The first-order chi connectivity index (χ1) is 8.63. The van der Waals surface area contributed by atoms with Crippen LogP contribution < -0.4 is 11.1 Å². The molecule has 0 bridgehead atoms. The molecule has 1 heterocycles. The van der Waals surface area contributed by atoms with E-state index in [0.29, 0.717) is 5.92 Å². The second-order valence-corrected chi connectivity index (χ2v) is 4.75. The Morgan fingerprint density at radius 1 is 1.44 bits per heavy atom. The molecule has 0 aliphatic rings. The zero-order valence-corrected chi connectivity index (χ0v) is 11.7. The lowest BCUT2D eigenvalue weighted by atomic mass is 10.0. The average molecular weight is 254 g/mol. The van der Waals surface area contributed by atoms with Gasteiger partial charge in [-0.3, -0.25) is 4.68 Å². The first kappa shape index (κ1) is 14.8. The van der Waals surface area contributed by atoms with Crippen LogP contribution in [0.5, 0.6) is 0 Å². The van der Waals surface area contributed by atoms with Crippen LogP contribution in [0.3, 0.4) is 0 Å². The predicted octanol–water partition coefficient (Wildman–Crippen LogP) is 1.78. The summed E-state index contributed by atoms with van der Waals surface area (Å²) in [6, 6.07) is 0. The van der Waals surface area contributed by atoms with Crippen molar-refractivity contribution in [3.8, 4) is 0 Å². The summed E-state index contributed by atoms with van der Waals surface area (Å²) in [5.74, 6) is 1.37. The van der Waals surface area contributed by atoms with Crippen molar-refractivity contribution in [3.63, 3.8) is 0 Å². The van der Waals surface area contributed by atoms with Crippen LogP contribution in [0.15, 0.2) is 0 Å². The monoisotopic (exact) mass is 254 g/mol. The van der Waals surface area contributed by atoms with Crippen molar-refractivity contribution in [2.75, 3.05) is 24.2 Å². The van der Waals surface area contributed by atoms with Gasteiger partial charge in [-0.2, -0.15) is 5.10 Å². The van der Waals surface area contributed by atoms with E-state index < -0.39 is 0 Å². The molecular formula is C13H26N4O. The lowest BCUT2D eigenvalue weighted by Gasteiger charge is -2.15. The molecule has 0 aliphatic heterocycles. The number of nitrogens with one attached hydrogen (secondary N) is 1. The maximum Gasteiger partial charge on any atom is 0.147 e. The van der Waals surface area contributed by atoms with Gasteiger partial charge in [0.05, 0.1) is 11.4 Å². The number of nitrogens with two attached hydrogens (primary N) is 1. The fraction of sp³-hybridized carbons (Fsp3) is 0.769. The van der Waals surface area contributed by atoms with Crippen LogP contribution in [0.25, 0.3) is 0 Å². The zero-order valence-electron chi connectivity index (χ0n) is 11.7. The topological polar surface area (TPSA) is 76.1 Å². The van der Waals surface area contributed by atoms with Crippen molar-refractivity contribution in [1.82, 2.24) is 9.78 Å². The number of hydrogen-bond donors (Lipinski definition) is 3. The molecule has 0 amide bonds. The Morgan fingerprint density at radius 3 is 2.72 bits per heavy atom. The molecule has 4 N–H and O–H groups in total. The lowest BCUT2D eigenvalue weighted by Crippen LogP contribution is -2.17. The molecule has 18 heavy (non-hydrogen) atoms. The van der Waals surface area contributed by atoms with Gasteiger partial charge in [0.25, 0.3) is 0 Å². The maximum absolute atomic E-state index is 8.98. The molecule has 0 aliphatic carbocycles. The van der Waals surface area contributed by atoms with Gasteiger partial charge in [0.1, 0.15) is 5.82 Å². The quantitative estimate of drug-likeness (QED) is 0.661. The molecule has 0 saturated carbocycles. The molecule has 1 atom stereocenters. The van der Waals surface area contributed by atoms with Crippen LogP contribution in [-0.2, 0) is 13.5 Å². The number of rotatable bonds is 8. The van der Waals surface area contributed by atoms with Gasteiger partial charge in [0, 0.05) is 20.2 Å². The molecular weight excluding hydrogens is 228 g/mol. The summed E-state index contributed by atoms with van der Waals surface area (Å²) >= 11 is 0. The highest BCUT2D eigenvalue weighted by atomic mass is 16.3. The fourth-order valence-electron chi connectivity index (χ4n) is 2.10. The van der Waals surface area contributed by atoms with Crippen molar-refractivity contribution >= 4 is 11.5 Å². The summed E-state index contributed by atoms with van der Waals surface area (Å²) in [7, 11) is 1.91. The minimum atomic E-state index is 0.238. The van der Waals surface area contributed by atoms with Gasteiger partial charge in [-0.25, -0.2) is 0 Å². The largest absolute Gasteiger partial charge is 0.396 e. The number of aliphatic hydroxyl groups is 1.